The Balaban J connectivity index is 1.46. The number of hydrogen-bond donors (Lipinski definition) is 0. The molecular formula is C23H32N4O2S. The third-order valence-corrected chi connectivity index (χ3v) is 7.47. The predicted octanol–water partition coefficient (Wildman–Crippen LogP) is 3.65. The molecule has 2 saturated heterocycles. The maximum absolute atomic E-state index is 13.0. The van der Waals surface area contributed by atoms with Gasteiger partial charge in [0, 0.05) is 26.2 Å². The summed E-state index contributed by atoms with van der Waals surface area (Å²) in [7, 11) is 0. The number of thioether (sulfide) groups is 1. The first-order chi connectivity index (χ1) is 14.5. The van der Waals surface area contributed by atoms with E-state index in [1.807, 2.05) is 38.6 Å². The Kier molecular flexibility index (Phi) is 6.66. The molecule has 4 rings (SSSR count). The van der Waals surface area contributed by atoms with Crippen molar-refractivity contribution in [2.45, 2.75) is 51.2 Å². The van der Waals surface area contributed by atoms with Gasteiger partial charge in [0.15, 0.2) is 5.16 Å². The van der Waals surface area contributed by atoms with E-state index in [-0.39, 0.29) is 18.4 Å². The second-order valence-electron chi connectivity index (χ2n) is 8.88. The average molecular weight is 429 g/mol. The van der Waals surface area contributed by atoms with E-state index in [1.54, 1.807) is 0 Å². The molecule has 3 heterocycles. The van der Waals surface area contributed by atoms with Crippen molar-refractivity contribution in [1.29, 1.82) is 0 Å². The molecule has 2 aromatic rings. The van der Waals surface area contributed by atoms with E-state index in [2.05, 4.69) is 13.8 Å². The molecule has 0 spiro atoms. The van der Waals surface area contributed by atoms with Crippen LogP contribution in [-0.4, -0.2) is 63.1 Å². The number of carbonyl (C=O) groups is 2. The molecule has 2 aliphatic heterocycles. The molecule has 7 heteroatoms. The number of fused-ring (bicyclic) bond motifs is 1. The Morgan fingerprint density at radius 3 is 2.13 bits per heavy atom. The van der Waals surface area contributed by atoms with Gasteiger partial charge in [-0.1, -0.05) is 37.7 Å². The summed E-state index contributed by atoms with van der Waals surface area (Å²) < 4.78 is 1.99. The maximum atomic E-state index is 13.0. The second kappa shape index (κ2) is 9.41. The first-order valence-corrected chi connectivity index (χ1v) is 12.1. The molecule has 0 N–H and O–H groups in total. The van der Waals surface area contributed by atoms with Crippen LogP contribution in [0.5, 0.6) is 0 Å². The van der Waals surface area contributed by atoms with Crippen molar-refractivity contribution in [2.75, 3.05) is 31.9 Å². The van der Waals surface area contributed by atoms with Crippen LogP contribution in [0.3, 0.4) is 0 Å². The van der Waals surface area contributed by atoms with Crippen LogP contribution in [0.25, 0.3) is 11.0 Å². The van der Waals surface area contributed by atoms with Crippen molar-refractivity contribution in [3.05, 3.63) is 24.3 Å². The van der Waals surface area contributed by atoms with E-state index in [0.29, 0.717) is 17.6 Å². The Morgan fingerprint density at radius 2 is 1.50 bits per heavy atom. The summed E-state index contributed by atoms with van der Waals surface area (Å²) in [5.74, 6) is 2.07. The topological polar surface area (TPSA) is 58.4 Å². The standard InChI is InChI=1S/C23H32N4O2S/c1-17-7-11-25(12-8-17)21(28)15-27-20-6-4-3-5-19(20)24-23(27)30-16-22(29)26-13-9-18(2)10-14-26/h3-6,17-18H,7-16H2,1-2H3. The minimum absolute atomic E-state index is 0.142. The Labute approximate surface area is 183 Å². The summed E-state index contributed by atoms with van der Waals surface area (Å²) >= 11 is 1.45. The number of likely N-dealkylation sites (tertiary alicyclic amines) is 2. The highest BCUT2D eigenvalue weighted by Crippen LogP contribution is 2.26. The molecular weight excluding hydrogens is 396 g/mol. The summed E-state index contributed by atoms with van der Waals surface area (Å²) in [6.07, 6.45) is 4.30. The fourth-order valence-electron chi connectivity index (χ4n) is 4.29. The van der Waals surface area contributed by atoms with Gasteiger partial charge in [-0.3, -0.25) is 9.59 Å². The highest BCUT2D eigenvalue weighted by molar-refractivity contribution is 7.99. The zero-order valence-corrected chi connectivity index (χ0v) is 18.9. The summed E-state index contributed by atoms with van der Waals surface area (Å²) in [6, 6.07) is 7.91. The number of hydrogen-bond acceptors (Lipinski definition) is 4. The predicted molar refractivity (Wildman–Crippen MR) is 120 cm³/mol. The monoisotopic (exact) mass is 428 g/mol. The van der Waals surface area contributed by atoms with Gasteiger partial charge in [-0.15, -0.1) is 0 Å². The smallest absolute Gasteiger partial charge is 0.242 e. The first kappa shape index (κ1) is 21.2. The van der Waals surface area contributed by atoms with Gasteiger partial charge in [0.25, 0.3) is 0 Å². The molecule has 0 unspecified atom stereocenters. The van der Waals surface area contributed by atoms with E-state index < -0.39 is 0 Å². The molecule has 0 radical (unpaired) electrons. The molecule has 2 fully saturated rings. The van der Waals surface area contributed by atoms with Gasteiger partial charge in [0.2, 0.25) is 11.8 Å². The lowest BCUT2D eigenvalue weighted by atomic mass is 9.99. The number of nitrogens with zero attached hydrogens (tertiary/aromatic N) is 4. The van der Waals surface area contributed by atoms with Gasteiger partial charge in [-0.25, -0.2) is 4.98 Å². The molecule has 1 aromatic carbocycles. The Bertz CT molecular complexity index is 896. The number of amides is 2. The highest BCUT2D eigenvalue weighted by Gasteiger charge is 2.24. The van der Waals surface area contributed by atoms with Crippen molar-refractivity contribution >= 4 is 34.6 Å². The van der Waals surface area contributed by atoms with Crippen LogP contribution < -0.4 is 0 Å². The van der Waals surface area contributed by atoms with Crippen LogP contribution in [-0.2, 0) is 16.1 Å². The van der Waals surface area contributed by atoms with Gasteiger partial charge in [0.05, 0.1) is 16.8 Å². The lowest BCUT2D eigenvalue weighted by Gasteiger charge is -2.31. The van der Waals surface area contributed by atoms with Crippen molar-refractivity contribution in [3.8, 4) is 0 Å². The summed E-state index contributed by atoms with van der Waals surface area (Å²) in [5.41, 5.74) is 1.83. The van der Waals surface area contributed by atoms with Crippen LogP contribution in [0.15, 0.2) is 29.4 Å². The molecule has 0 aliphatic carbocycles. The van der Waals surface area contributed by atoms with Gasteiger partial charge >= 0.3 is 0 Å². The third-order valence-electron chi connectivity index (χ3n) is 6.51. The van der Waals surface area contributed by atoms with Crippen LogP contribution in [0.2, 0.25) is 0 Å². The van der Waals surface area contributed by atoms with Crippen LogP contribution in [0.1, 0.15) is 39.5 Å². The number of benzene rings is 1. The van der Waals surface area contributed by atoms with Crippen molar-refractivity contribution in [1.82, 2.24) is 19.4 Å². The van der Waals surface area contributed by atoms with Gasteiger partial charge in [-0.05, 0) is 49.7 Å². The van der Waals surface area contributed by atoms with E-state index in [0.717, 1.165) is 68.1 Å². The lowest BCUT2D eigenvalue weighted by molar-refractivity contribution is -0.133. The molecule has 30 heavy (non-hydrogen) atoms. The summed E-state index contributed by atoms with van der Waals surface area (Å²) in [6.45, 7) is 8.15. The highest BCUT2D eigenvalue weighted by atomic mass is 32.2. The summed E-state index contributed by atoms with van der Waals surface area (Å²) in [4.78, 5) is 34.4. The molecule has 0 bridgehead atoms. The van der Waals surface area contributed by atoms with E-state index >= 15 is 0 Å². The molecule has 2 aliphatic rings. The van der Waals surface area contributed by atoms with Crippen molar-refractivity contribution < 1.29 is 9.59 Å². The number of piperidine rings is 2. The van der Waals surface area contributed by atoms with Crippen LogP contribution in [0.4, 0.5) is 0 Å². The Hall–Kier alpha value is -2.02. The first-order valence-electron chi connectivity index (χ1n) is 11.1. The fourth-order valence-corrected chi connectivity index (χ4v) is 5.20. The zero-order valence-electron chi connectivity index (χ0n) is 18.0. The third kappa shape index (κ3) is 4.82. The zero-order chi connectivity index (χ0) is 21.1. The number of rotatable bonds is 5. The van der Waals surface area contributed by atoms with Gasteiger partial charge < -0.3 is 14.4 Å². The molecule has 2 amide bonds. The fraction of sp³-hybridized carbons (Fsp3) is 0.609. The lowest BCUT2D eigenvalue weighted by Crippen LogP contribution is -2.40. The number of para-hydroxylation sites is 2. The van der Waals surface area contributed by atoms with E-state index in [9.17, 15) is 9.59 Å². The number of carbonyl (C=O) groups excluding carboxylic acids is 2. The van der Waals surface area contributed by atoms with Gasteiger partial charge in [-0.2, -0.15) is 0 Å². The SMILES string of the molecule is CC1CCN(C(=O)CSc2nc3ccccc3n2CC(=O)N2CCC(C)CC2)CC1. The molecule has 162 valence electrons. The second-order valence-corrected chi connectivity index (χ2v) is 9.83. The van der Waals surface area contributed by atoms with Crippen molar-refractivity contribution in [3.63, 3.8) is 0 Å². The van der Waals surface area contributed by atoms with Crippen LogP contribution >= 0.6 is 11.8 Å². The minimum Gasteiger partial charge on any atom is -0.342 e. The quantitative estimate of drug-likeness (QED) is 0.682. The normalized spacial score (nSPS) is 18.9. The molecule has 1 aromatic heterocycles. The molecule has 6 nitrogen and oxygen atoms in total. The number of aromatic nitrogens is 2. The largest absolute Gasteiger partial charge is 0.342 e. The van der Waals surface area contributed by atoms with E-state index in [1.165, 1.54) is 11.8 Å². The average Bonchev–Trinajstić information content (AvgIpc) is 3.10. The minimum atomic E-state index is 0.142. The number of imidazole rings is 1. The Morgan fingerprint density at radius 1 is 0.933 bits per heavy atom. The van der Waals surface area contributed by atoms with Crippen molar-refractivity contribution in [2.24, 2.45) is 11.8 Å². The maximum Gasteiger partial charge on any atom is 0.242 e. The van der Waals surface area contributed by atoms with E-state index in [4.69, 9.17) is 4.98 Å². The summed E-state index contributed by atoms with van der Waals surface area (Å²) in [5, 5.41) is 0.758. The van der Waals surface area contributed by atoms with Crippen LogP contribution in [0, 0.1) is 11.8 Å². The molecule has 0 saturated carbocycles. The molecule has 0 atom stereocenters. The van der Waals surface area contributed by atoms with Gasteiger partial charge in [0.1, 0.15) is 6.54 Å².